The number of nitrogens with one attached hydrogen (secondary N) is 1. The number of methoxy groups -OCH3 is 2. The lowest BCUT2D eigenvalue weighted by Gasteiger charge is -2.32. The Bertz CT molecular complexity index is 1640. The van der Waals surface area contributed by atoms with Gasteiger partial charge in [-0.1, -0.05) is 30.3 Å². The summed E-state index contributed by atoms with van der Waals surface area (Å²) in [7, 11) is 5.38. The number of carbonyl (C=O) groups excluding carboxylic acids is 1. The number of para-hydroxylation sites is 1. The van der Waals surface area contributed by atoms with Gasteiger partial charge >= 0.3 is 6.09 Å². The lowest BCUT2D eigenvalue weighted by Crippen LogP contribution is -2.45. The normalized spacial score (nSPS) is 14.3. The number of ether oxygens (including phenoxy) is 4. The van der Waals surface area contributed by atoms with E-state index in [4.69, 9.17) is 23.9 Å². The van der Waals surface area contributed by atoms with Gasteiger partial charge in [-0.15, -0.1) is 0 Å². The number of likely N-dealkylation sites (N-methyl/N-ethyl adjacent to an activating group) is 1. The predicted molar refractivity (Wildman–Crippen MR) is 184 cm³/mol. The maximum atomic E-state index is 13.9. The van der Waals surface area contributed by atoms with E-state index in [2.05, 4.69) is 27.1 Å². The van der Waals surface area contributed by atoms with E-state index in [1.807, 2.05) is 81.4 Å². The van der Waals surface area contributed by atoms with Crippen LogP contribution in [0.25, 0.3) is 0 Å². The SMILES string of the molecule is COc1cccc([C@@H](C)N(C(=O)Oc2c(C)cccc2C)c2ccnc(Nc3ccc(OCCN4CCN(C)CC4)c(OC)c3)n2)c1. The molecule has 0 bridgehead atoms. The molecule has 3 aromatic carbocycles. The minimum Gasteiger partial charge on any atom is -0.497 e. The van der Waals surface area contributed by atoms with Gasteiger partial charge in [-0.05, 0) is 74.8 Å². The number of anilines is 3. The molecule has 0 unspecified atom stereocenters. The van der Waals surface area contributed by atoms with Crippen LogP contribution in [0.2, 0.25) is 0 Å². The average molecular weight is 641 g/mol. The topological polar surface area (TPSA) is 102 Å². The molecule has 1 amide bonds. The summed E-state index contributed by atoms with van der Waals surface area (Å²) in [5.41, 5.74) is 3.27. The van der Waals surface area contributed by atoms with Gasteiger partial charge in [0.2, 0.25) is 5.95 Å². The van der Waals surface area contributed by atoms with E-state index in [0.29, 0.717) is 47.1 Å². The number of amides is 1. The van der Waals surface area contributed by atoms with Crippen molar-refractivity contribution in [3.8, 4) is 23.0 Å². The Morgan fingerprint density at radius 1 is 0.936 bits per heavy atom. The molecule has 1 N–H and O–H groups in total. The number of piperazine rings is 1. The largest absolute Gasteiger partial charge is 0.497 e. The highest BCUT2D eigenvalue weighted by Gasteiger charge is 2.28. The van der Waals surface area contributed by atoms with Crippen LogP contribution in [0.15, 0.2) is 72.9 Å². The van der Waals surface area contributed by atoms with E-state index in [1.54, 1.807) is 26.5 Å². The van der Waals surface area contributed by atoms with Crippen molar-refractivity contribution in [3.05, 3.63) is 89.6 Å². The van der Waals surface area contributed by atoms with Gasteiger partial charge in [0.1, 0.15) is 23.9 Å². The van der Waals surface area contributed by atoms with Crippen molar-refractivity contribution in [2.45, 2.75) is 26.8 Å². The Balaban J connectivity index is 1.36. The van der Waals surface area contributed by atoms with Gasteiger partial charge in [-0.25, -0.2) is 9.78 Å². The minimum absolute atomic E-state index is 0.302. The predicted octanol–water partition coefficient (Wildman–Crippen LogP) is 6.25. The van der Waals surface area contributed by atoms with E-state index in [9.17, 15) is 4.79 Å². The summed E-state index contributed by atoms with van der Waals surface area (Å²) < 4.78 is 23.2. The van der Waals surface area contributed by atoms with Crippen molar-refractivity contribution < 1.29 is 23.7 Å². The van der Waals surface area contributed by atoms with Gasteiger partial charge in [-0.3, -0.25) is 9.80 Å². The molecule has 47 heavy (non-hydrogen) atoms. The first-order valence-electron chi connectivity index (χ1n) is 15.8. The Kier molecular flexibility index (Phi) is 11.1. The van der Waals surface area contributed by atoms with Crippen LogP contribution in [0.4, 0.5) is 22.2 Å². The molecule has 1 saturated heterocycles. The van der Waals surface area contributed by atoms with Crippen molar-refractivity contribution in [1.29, 1.82) is 0 Å². The molecular weight excluding hydrogens is 596 g/mol. The molecule has 0 radical (unpaired) electrons. The lowest BCUT2D eigenvalue weighted by atomic mass is 10.1. The van der Waals surface area contributed by atoms with Crippen molar-refractivity contribution in [3.63, 3.8) is 0 Å². The minimum atomic E-state index is -0.567. The Morgan fingerprint density at radius 2 is 1.68 bits per heavy atom. The molecule has 1 aliphatic heterocycles. The summed E-state index contributed by atoms with van der Waals surface area (Å²) in [4.78, 5) is 29.4. The zero-order valence-electron chi connectivity index (χ0n) is 28.0. The number of aryl methyl sites for hydroxylation is 2. The summed E-state index contributed by atoms with van der Waals surface area (Å²) in [6, 6.07) is 20.2. The maximum Gasteiger partial charge on any atom is 0.421 e. The van der Waals surface area contributed by atoms with Gasteiger partial charge in [0.15, 0.2) is 11.5 Å². The Labute approximate surface area is 277 Å². The zero-order chi connectivity index (χ0) is 33.3. The molecule has 1 fully saturated rings. The molecule has 0 spiro atoms. The number of hydrogen-bond donors (Lipinski definition) is 1. The second-order valence-electron chi connectivity index (χ2n) is 11.6. The van der Waals surface area contributed by atoms with Gasteiger partial charge in [0.25, 0.3) is 0 Å². The summed E-state index contributed by atoms with van der Waals surface area (Å²) >= 11 is 0. The van der Waals surface area contributed by atoms with Gasteiger partial charge in [0.05, 0.1) is 20.3 Å². The number of carbonyl (C=O) groups is 1. The summed E-state index contributed by atoms with van der Waals surface area (Å²) in [5, 5.41) is 3.25. The van der Waals surface area contributed by atoms with Gasteiger partial charge in [0, 0.05) is 50.7 Å². The molecule has 4 aromatic rings. The summed E-state index contributed by atoms with van der Waals surface area (Å²) in [6.07, 6.45) is 1.04. The lowest BCUT2D eigenvalue weighted by molar-refractivity contribution is 0.133. The van der Waals surface area contributed by atoms with Crippen LogP contribution >= 0.6 is 0 Å². The monoisotopic (exact) mass is 640 g/mol. The Hall–Kier alpha value is -4.87. The fraction of sp³-hybridized carbons (Fsp3) is 0.361. The van der Waals surface area contributed by atoms with Crippen LogP contribution in [-0.2, 0) is 0 Å². The molecule has 5 rings (SSSR count). The summed E-state index contributed by atoms with van der Waals surface area (Å²) in [6.45, 7) is 11.4. The van der Waals surface area contributed by atoms with E-state index >= 15 is 0 Å². The van der Waals surface area contributed by atoms with Crippen molar-refractivity contribution in [1.82, 2.24) is 19.8 Å². The van der Waals surface area contributed by atoms with E-state index in [-0.39, 0.29) is 0 Å². The van der Waals surface area contributed by atoms with Crippen molar-refractivity contribution >= 4 is 23.5 Å². The van der Waals surface area contributed by atoms with Crippen LogP contribution in [0.3, 0.4) is 0 Å². The fourth-order valence-corrected chi connectivity index (χ4v) is 5.49. The smallest absolute Gasteiger partial charge is 0.421 e. The highest BCUT2D eigenvalue weighted by molar-refractivity contribution is 5.89. The molecule has 11 heteroatoms. The molecule has 1 aliphatic rings. The van der Waals surface area contributed by atoms with E-state index in [0.717, 1.165) is 49.4 Å². The number of rotatable bonds is 12. The van der Waals surface area contributed by atoms with E-state index < -0.39 is 12.1 Å². The first kappa shape index (κ1) is 33.5. The molecule has 2 heterocycles. The third-order valence-corrected chi connectivity index (χ3v) is 8.33. The standard InChI is InChI=1S/C36H44N6O5/c1-25-9-7-10-26(2)34(25)47-36(43)42(27(3)28-11-8-12-30(23-28)44-5)33-15-16-37-35(39-33)38-29-13-14-31(32(24-29)45-6)46-22-21-41-19-17-40(4)18-20-41/h7-16,23-24,27H,17-22H2,1-6H3,(H,37,38,39)/t27-/m1/s1. The Morgan fingerprint density at radius 3 is 2.40 bits per heavy atom. The molecule has 248 valence electrons. The highest BCUT2D eigenvalue weighted by atomic mass is 16.6. The second-order valence-corrected chi connectivity index (χ2v) is 11.6. The third kappa shape index (κ3) is 8.49. The first-order chi connectivity index (χ1) is 22.7. The maximum absolute atomic E-state index is 13.9. The second kappa shape index (κ2) is 15.6. The molecule has 0 saturated carbocycles. The molecule has 1 aromatic heterocycles. The summed E-state index contributed by atoms with van der Waals surface area (Å²) in [5.74, 6) is 3.12. The fourth-order valence-electron chi connectivity index (χ4n) is 5.49. The van der Waals surface area contributed by atoms with Crippen molar-refractivity contribution in [2.75, 3.05) is 70.8 Å². The molecule has 11 nitrogen and oxygen atoms in total. The average Bonchev–Trinajstić information content (AvgIpc) is 3.08. The molecule has 1 atom stereocenters. The van der Waals surface area contributed by atoms with Crippen LogP contribution in [-0.4, -0.2) is 86.5 Å². The highest BCUT2D eigenvalue weighted by Crippen LogP contribution is 2.33. The third-order valence-electron chi connectivity index (χ3n) is 8.33. The van der Waals surface area contributed by atoms with Gasteiger partial charge in [-0.2, -0.15) is 4.98 Å². The number of hydrogen-bond acceptors (Lipinski definition) is 10. The van der Waals surface area contributed by atoms with Crippen LogP contribution < -0.4 is 29.2 Å². The quantitative estimate of drug-likeness (QED) is 0.191. The van der Waals surface area contributed by atoms with Crippen LogP contribution in [0, 0.1) is 13.8 Å². The first-order valence-corrected chi connectivity index (χ1v) is 15.8. The van der Waals surface area contributed by atoms with Gasteiger partial charge < -0.3 is 29.2 Å². The van der Waals surface area contributed by atoms with Crippen molar-refractivity contribution in [2.24, 2.45) is 0 Å². The van der Waals surface area contributed by atoms with Crippen LogP contribution in [0.1, 0.15) is 29.7 Å². The molecule has 0 aliphatic carbocycles. The number of nitrogens with zero attached hydrogens (tertiary/aromatic N) is 5. The number of benzene rings is 3. The number of aromatic nitrogens is 2. The van der Waals surface area contributed by atoms with Crippen LogP contribution in [0.5, 0.6) is 23.0 Å². The van der Waals surface area contributed by atoms with E-state index in [1.165, 1.54) is 4.90 Å². The molecular formula is C36H44N6O5. The zero-order valence-corrected chi connectivity index (χ0v) is 28.0.